The van der Waals surface area contributed by atoms with Crippen molar-refractivity contribution in [3.8, 4) is 11.8 Å². The molecule has 1 aliphatic heterocycles. The number of hydrogen-bond acceptors (Lipinski definition) is 3. The third-order valence-corrected chi connectivity index (χ3v) is 4.69. The van der Waals surface area contributed by atoms with Gasteiger partial charge in [0.05, 0.1) is 12.7 Å². The van der Waals surface area contributed by atoms with E-state index in [1.54, 1.807) is 0 Å². The molecule has 1 aliphatic rings. The second-order valence-corrected chi connectivity index (χ2v) is 7.34. The van der Waals surface area contributed by atoms with E-state index in [1.165, 1.54) is 64.2 Å². The summed E-state index contributed by atoms with van der Waals surface area (Å²) in [6.07, 6.45) is 17.7. The smallest absolute Gasteiger partial charge is 0.157 e. The van der Waals surface area contributed by atoms with E-state index < -0.39 is 0 Å². The summed E-state index contributed by atoms with van der Waals surface area (Å²) >= 11 is 0. The number of rotatable bonds is 14. The minimum absolute atomic E-state index is 0.0416. The van der Waals surface area contributed by atoms with Crippen molar-refractivity contribution in [3.05, 3.63) is 0 Å². The molecular weight excluding hydrogens is 312 g/mol. The van der Waals surface area contributed by atoms with Gasteiger partial charge in [0.2, 0.25) is 0 Å². The zero-order chi connectivity index (χ0) is 18.0. The van der Waals surface area contributed by atoms with Gasteiger partial charge < -0.3 is 14.6 Å². The van der Waals surface area contributed by atoms with Crippen LogP contribution in [0.25, 0.3) is 0 Å². The molecule has 2 atom stereocenters. The summed E-state index contributed by atoms with van der Waals surface area (Å²) < 4.78 is 11.2. The predicted octanol–water partition coefficient (Wildman–Crippen LogP) is 5.60. The minimum atomic E-state index is -0.125. The standard InChI is InChI=1S/C22H40O3/c1-21(23)17-13-11-9-7-5-3-2-4-6-8-10-12-15-19-24-22-18-14-16-20-25-22/h21-23H,2-7,9,11-20H2,1H3. The Hall–Kier alpha value is -0.560. The molecule has 0 bridgehead atoms. The molecule has 0 spiro atoms. The molecule has 3 heteroatoms. The van der Waals surface area contributed by atoms with E-state index in [-0.39, 0.29) is 12.4 Å². The van der Waals surface area contributed by atoms with Crippen molar-refractivity contribution in [2.45, 2.75) is 116 Å². The summed E-state index contributed by atoms with van der Waals surface area (Å²) in [5, 5.41) is 9.19. The molecule has 0 aromatic heterocycles. The predicted molar refractivity (Wildman–Crippen MR) is 104 cm³/mol. The Balaban J connectivity index is 1.74. The Morgan fingerprint density at radius 3 is 2.20 bits per heavy atom. The van der Waals surface area contributed by atoms with Crippen LogP contribution < -0.4 is 0 Å². The maximum Gasteiger partial charge on any atom is 0.157 e. The van der Waals surface area contributed by atoms with Gasteiger partial charge in [-0.15, -0.1) is 11.8 Å². The van der Waals surface area contributed by atoms with Gasteiger partial charge in [0.1, 0.15) is 0 Å². The molecule has 3 nitrogen and oxygen atoms in total. The largest absolute Gasteiger partial charge is 0.393 e. The molecule has 1 N–H and O–H groups in total. The fourth-order valence-corrected chi connectivity index (χ4v) is 3.11. The second-order valence-electron chi connectivity index (χ2n) is 7.34. The summed E-state index contributed by atoms with van der Waals surface area (Å²) in [6.45, 7) is 3.51. The molecule has 25 heavy (non-hydrogen) atoms. The Morgan fingerprint density at radius 1 is 0.920 bits per heavy atom. The van der Waals surface area contributed by atoms with Gasteiger partial charge in [-0.1, -0.05) is 44.9 Å². The molecule has 1 saturated heterocycles. The quantitative estimate of drug-likeness (QED) is 0.327. The van der Waals surface area contributed by atoms with E-state index in [2.05, 4.69) is 11.8 Å². The summed E-state index contributed by atoms with van der Waals surface area (Å²) in [5.74, 6) is 6.56. The Bertz CT molecular complexity index is 337. The van der Waals surface area contributed by atoms with Crippen molar-refractivity contribution >= 4 is 0 Å². The van der Waals surface area contributed by atoms with Crippen LogP contribution >= 0.6 is 0 Å². The molecule has 1 fully saturated rings. The Labute approximate surface area is 155 Å². The summed E-state index contributed by atoms with van der Waals surface area (Å²) in [5.41, 5.74) is 0. The van der Waals surface area contributed by atoms with Gasteiger partial charge in [-0.3, -0.25) is 0 Å². The van der Waals surface area contributed by atoms with Crippen LogP contribution in [-0.4, -0.2) is 30.7 Å². The minimum Gasteiger partial charge on any atom is -0.393 e. The maximum atomic E-state index is 9.19. The highest BCUT2D eigenvalue weighted by atomic mass is 16.7. The zero-order valence-electron chi connectivity index (χ0n) is 16.4. The van der Waals surface area contributed by atoms with Gasteiger partial charge >= 0.3 is 0 Å². The molecule has 0 aromatic rings. The lowest BCUT2D eigenvalue weighted by molar-refractivity contribution is -0.162. The molecule has 1 heterocycles. The summed E-state index contributed by atoms with van der Waals surface area (Å²) in [7, 11) is 0. The molecule has 0 amide bonds. The lowest BCUT2D eigenvalue weighted by Crippen LogP contribution is -2.22. The van der Waals surface area contributed by atoms with Gasteiger partial charge in [0, 0.05) is 19.4 Å². The first-order chi connectivity index (χ1) is 12.3. The molecule has 1 rings (SSSR count). The van der Waals surface area contributed by atoms with Crippen LogP contribution in [0.5, 0.6) is 0 Å². The number of hydrogen-bond donors (Lipinski definition) is 1. The van der Waals surface area contributed by atoms with Gasteiger partial charge in [0.25, 0.3) is 0 Å². The maximum absolute atomic E-state index is 9.19. The monoisotopic (exact) mass is 352 g/mol. The topological polar surface area (TPSA) is 38.7 Å². The van der Waals surface area contributed by atoms with Crippen molar-refractivity contribution < 1.29 is 14.6 Å². The second kappa shape index (κ2) is 16.9. The zero-order valence-corrected chi connectivity index (χ0v) is 16.4. The molecule has 0 radical (unpaired) electrons. The Kier molecular flexibility index (Phi) is 15.2. The highest BCUT2D eigenvalue weighted by Crippen LogP contribution is 2.14. The lowest BCUT2D eigenvalue weighted by Gasteiger charge is -2.22. The molecular formula is C22H40O3. The van der Waals surface area contributed by atoms with Crippen LogP contribution in [0.15, 0.2) is 0 Å². The average Bonchev–Trinajstić information content (AvgIpc) is 2.62. The third-order valence-electron chi connectivity index (χ3n) is 4.69. The van der Waals surface area contributed by atoms with Gasteiger partial charge in [-0.2, -0.15) is 0 Å². The fourth-order valence-electron chi connectivity index (χ4n) is 3.11. The molecule has 146 valence electrons. The van der Waals surface area contributed by atoms with Gasteiger partial charge in [-0.05, 0) is 45.4 Å². The normalized spacial score (nSPS) is 18.6. The van der Waals surface area contributed by atoms with Crippen molar-refractivity contribution in [1.82, 2.24) is 0 Å². The summed E-state index contributed by atoms with van der Waals surface area (Å²) in [6, 6.07) is 0. The van der Waals surface area contributed by atoms with Crippen molar-refractivity contribution in [2.24, 2.45) is 0 Å². The van der Waals surface area contributed by atoms with Gasteiger partial charge in [0.15, 0.2) is 6.29 Å². The summed E-state index contributed by atoms with van der Waals surface area (Å²) in [4.78, 5) is 0. The van der Waals surface area contributed by atoms with Crippen LogP contribution in [0.1, 0.15) is 103 Å². The fraction of sp³-hybridized carbons (Fsp3) is 0.909. The van der Waals surface area contributed by atoms with E-state index in [1.807, 2.05) is 6.92 Å². The van der Waals surface area contributed by atoms with E-state index >= 15 is 0 Å². The van der Waals surface area contributed by atoms with Crippen LogP contribution in [0.2, 0.25) is 0 Å². The van der Waals surface area contributed by atoms with Crippen LogP contribution in [0.4, 0.5) is 0 Å². The highest BCUT2D eigenvalue weighted by molar-refractivity contribution is 4.98. The number of aliphatic hydroxyl groups excluding tert-OH is 1. The molecule has 0 aromatic carbocycles. The van der Waals surface area contributed by atoms with Crippen molar-refractivity contribution in [1.29, 1.82) is 0 Å². The van der Waals surface area contributed by atoms with E-state index in [0.29, 0.717) is 0 Å². The van der Waals surface area contributed by atoms with Crippen LogP contribution in [0.3, 0.4) is 0 Å². The first-order valence-corrected chi connectivity index (χ1v) is 10.7. The van der Waals surface area contributed by atoms with Gasteiger partial charge in [-0.25, -0.2) is 0 Å². The van der Waals surface area contributed by atoms with Crippen molar-refractivity contribution in [2.75, 3.05) is 13.2 Å². The Morgan fingerprint density at radius 2 is 1.56 bits per heavy atom. The lowest BCUT2D eigenvalue weighted by atomic mass is 10.1. The first kappa shape index (κ1) is 22.5. The van der Waals surface area contributed by atoms with E-state index in [4.69, 9.17) is 9.47 Å². The van der Waals surface area contributed by atoms with E-state index in [9.17, 15) is 5.11 Å². The number of unbranched alkanes of at least 4 members (excludes halogenated alkanes) is 9. The third kappa shape index (κ3) is 15.4. The number of aliphatic hydroxyl groups is 1. The molecule has 2 unspecified atom stereocenters. The highest BCUT2D eigenvalue weighted by Gasteiger charge is 2.12. The van der Waals surface area contributed by atoms with E-state index in [0.717, 1.165) is 45.3 Å². The van der Waals surface area contributed by atoms with Crippen molar-refractivity contribution in [3.63, 3.8) is 0 Å². The first-order valence-electron chi connectivity index (χ1n) is 10.7. The molecule has 0 saturated carbocycles. The van der Waals surface area contributed by atoms with Crippen LogP contribution in [-0.2, 0) is 9.47 Å². The average molecular weight is 353 g/mol. The number of ether oxygens (including phenoxy) is 2. The molecule has 0 aliphatic carbocycles. The van der Waals surface area contributed by atoms with Crippen LogP contribution in [0, 0.1) is 11.8 Å². The SMILES string of the molecule is CC(O)CCCCCCCCCCC#CCCCOC1CCCCO1.